The van der Waals surface area contributed by atoms with Gasteiger partial charge in [0, 0.05) is 5.56 Å². The van der Waals surface area contributed by atoms with E-state index >= 15 is 0 Å². The van der Waals surface area contributed by atoms with Crippen molar-refractivity contribution in [3.05, 3.63) is 29.3 Å². The molecule has 0 bridgehead atoms. The van der Waals surface area contributed by atoms with Crippen molar-refractivity contribution in [2.24, 2.45) is 0 Å². The topological polar surface area (TPSA) is 40.5 Å². The molecule has 2 N–H and O–H groups in total. The van der Waals surface area contributed by atoms with Crippen LogP contribution in [-0.4, -0.2) is 10.2 Å². The molecular weight excluding hydrogens is 178 g/mol. The SMILES string of the molecule is CC(C)(O)c1ccc(F)c(F)c1O. The molecule has 0 aliphatic carbocycles. The Balaban J connectivity index is 3.35. The quantitative estimate of drug-likeness (QED) is 0.706. The summed E-state index contributed by atoms with van der Waals surface area (Å²) in [6, 6.07) is 2.01. The summed E-state index contributed by atoms with van der Waals surface area (Å²) in [4.78, 5) is 0. The van der Waals surface area contributed by atoms with Crippen molar-refractivity contribution in [3.63, 3.8) is 0 Å². The summed E-state index contributed by atoms with van der Waals surface area (Å²) in [7, 11) is 0. The number of benzene rings is 1. The van der Waals surface area contributed by atoms with Crippen molar-refractivity contribution in [2.75, 3.05) is 0 Å². The molecule has 2 nitrogen and oxygen atoms in total. The lowest BCUT2D eigenvalue weighted by Gasteiger charge is -2.19. The highest BCUT2D eigenvalue weighted by molar-refractivity contribution is 5.37. The molecule has 0 aliphatic heterocycles. The molecule has 1 aromatic carbocycles. The third kappa shape index (κ3) is 1.78. The third-order valence-corrected chi connectivity index (χ3v) is 1.73. The Morgan fingerprint density at radius 3 is 2.23 bits per heavy atom. The number of phenols is 1. The van der Waals surface area contributed by atoms with Crippen LogP contribution in [0.15, 0.2) is 12.1 Å². The summed E-state index contributed by atoms with van der Waals surface area (Å²) in [5.74, 6) is -3.31. The van der Waals surface area contributed by atoms with E-state index in [1.807, 2.05) is 0 Å². The van der Waals surface area contributed by atoms with Gasteiger partial charge in [0.15, 0.2) is 11.6 Å². The van der Waals surface area contributed by atoms with Gasteiger partial charge in [-0.2, -0.15) is 4.39 Å². The molecule has 1 aromatic rings. The summed E-state index contributed by atoms with van der Waals surface area (Å²) in [5, 5.41) is 18.6. The third-order valence-electron chi connectivity index (χ3n) is 1.73. The van der Waals surface area contributed by atoms with E-state index in [-0.39, 0.29) is 5.56 Å². The Bertz CT molecular complexity index is 329. The van der Waals surface area contributed by atoms with E-state index in [0.717, 1.165) is 12.1 Å². The van der Waals surface area contributed by atoms with Crippen LogP contribution in [0.25, 0.3) is 0 Å². The first-order chi connectivity index (χ1) is 5.84. The van der Waals surface area contributed by atoms with Crippen LogP contribution >= 0.6 is 0 Å². The lowest BCUT2D eigenvalue weighted by Crippen LogP contribution is -2.16. The number of phenolic OH excluding ortho intramolecular Hbond substituents is 1. The second-order valence-corrected chi connectivity index (χ2v) is 3.32. The minimum Gasteiger partial charge on any atom is -0.504 e. The first kappa shape index (κ1) is 9.92. The van der Waals surface area contributed by atoms with Crippen LogP contribution in [0.1, 0.15) is 19.4 Å². The van der Waals surface area contributed by atoms with Crippen LogP contribution in [0.3, 0.4) is 0 Å². The normalized spacial score (nSPS) is 11.8. The van der Waals surface area contributed by atoms with E-state index < -0.39 is 23.0 Å². The first-order valence-electron chi connectivity index (χ1n) is 3.74. The predicted molar refractivity (Wildman–Crippen MR) is 43.3 cm³/mol. The monoisotopic (exact) mass is 188 g/mol. The molecule has 0 unspecified atom stereocenters. The zero-order valence-corrected chi connectivity index (χ0v) is 7.31. The second kappa shape index (κ2) is 2.96. The zero-order chi connectivity index (χ0) is 10.2. The highest BCUT2D eigenvalue weighted by Gasteiger charge is 2.23. The fourth-order valence-corrected chi connectivity index (χ4v) is 1.03. The van der Waals surface area contributed by atoms with Crippen LogP contribution in [0.5, 0.6) is 5.75 Å². The number of halogens is 2. The molecule has 13 heavy (non-hydrogen) atoms. The van der Waals surface area contributed by atoms with Crippen LogP contribution in [0.2, 0.25) is 0 Å². The van der Waals surface area contributed by atoms with Crippen LogP contribution in [-0.2, 0) is 5.60 Å². The summed E-state index contributed by atoms with van der Waals surface area (Å²) < 4.78 is 25.3. The summed E-state index contributed by atoms with van der Waals surface area (Å²) in [6.45, 7) is 2.75. The molecule has 4 heteroatoms. The largest absolute Gasteiger partial charge is 0.504 e. The van der Waals surface area contributed by atoms with Gasteiger partial charge in [0.1, 0.15) is 0 Å². The summed E-state index contributed by atoms with van der Waals surface area (Å²) in [6.07, 6.45) is 0. The Morgan fingerprint density at radius 1 is 1.23 bits per heavy atom. The molecule has 0 fully saturated rings. The Labute approximate surface area is 74.4 Å². The summed E-state index contributed by atoms with van der Waals surface area (Å²) >= 11 is 0. The summed E-state index contributed by atoms with van der Waals surface area (Å²) in [5.41, 5.74) is -1.43. The maximum Gasteiger partial charge on any atom is 0.200 e. The lowest BCUT2D eigenvalue weighted by molar-refractivity contribution is 0.0749. The van der Waals surface area contributed by atoms with Gasteiger partial charge in [0.2, 0.25) is 5.82 Å². The Hall–Kier alpha value is -1.16. The van der Waals surface area contributed by atoms with Gasteiger partial charge in [-0.1, -0.05) is 0 Å². The van der Waals surface area contributed by atoms with Gasteiger partial charge < -0.3 is 10.2 Å². The van der Waals surface area contributed by atoms with Gasteiger partial charge in [0.25, 0.3) is 0 Å². The van der Waals surface area contributed by atoms with Gasteiger partial charge in [-0.05, 0) is 26.0 Å². The average molecular weight is 188 g/mol. The van der Waals surface area contributed by atoms with E-state index in [2.05, 4.69) is 0 Å². The van der Waals surface area contributed by atoms with E-state index in [9.17, 15) is 13.9 Å². The van der Waals surface area contributed by atoms with Gasteiger partial charge >= 0.3 is 0 Å². The van der Waals surface area contributed by atoms with Crippen molar-refractivity contribution >= 4 is 0 Å². The Morgan fingerprint density at radius 2 is 1.77 bits per heavy atom. The van der Waals surface area contributed by atoms with Gasteiger partial charge in [-0.3, -0.25) is 0 Å². The Kier molecular flexibility index (Phi) is 2.26. The van der Waals surface area contributed by atoms with Crippen molar-refractivity contribution in [1.29, 1.82) is 0 Å². The highest BCUT2D eigenvalue weighted by atomic mass is 19.2. The van der Waals surface area contributed by atoms with Crippen molar-refractivity contribution in [2.45, 2.75) is 19.4 Å². The maximum absolute atomic E-state index is 12.8. The molecule has 0 saturated carbocycles. The smallest absolute Gasteiger partial charge is 0.200 e. The molecule has 0 atom stereocenters. The maximum atomic E-state index is 12.8. The highest BCUT2D eigenvalue weighted by Crippen LogP contribution is 2.31. The molecule has 72 valence electrons. The van der Waals surface area contributed by atoms with E-state index in [4.69, 9.17) is 5.11 Å². The first-order valence-corrected chi connectivity index (χ1v) is 3.74. The predicted octanol–water partition coefficient (Wildman–Crippen LogP) is 1.90. The zero-order valence-electron chi connectivity index (χ0n) is 7.31. The average Bonchev–Trinajstić information content (AvgIpc) is 1.98. The number of aliphatic hydroxyl groups is 1. The molecule has 1 rings (SSSR count). The molecule has 0 spiro atoms. The number of hydrogen-bond acceptors (Lipinski definition) is 2. The number of hydrogen-bond donors (Lipinski definition) is 2. The van der Waals surface area contributed by atoms with Crippen molar-refractivity contribution in [1.82, 2.24) is 0 Å². The molecule has 0 radical (unpaired) electrons. The van der Waals surface area contributed by atoms with Gasteiger partial charge in [-0.25, -0.2) is 4.39 Å². The molecule has 0 aromatic heterocycles. The fraction of sp³-hybridized carbons (Fsp3) is 0.333. The molecule has 0 amide bonds. The van der Waals surface area contributed by atoms with Crippen LogP contribution in [0.4, 0.5) is 8.78 Å². The molecular formula is C9H10F2O2. The lowest BCUT2D eigenvalue weighted by atomic mass is 9.97. The van der Waals surface area contributed by atoms with E-state index in [1.165, 1.54) is 13.8 Å². The molecule has 0 heterocycles. The number of rotatable bonds is 1. The minimum absolute atomic E-state index is 0.0357. The minimum atomic E-state index is -1.39. The molecule has 0 saturated heterocycles. The van der Waals surface area contributed by atoms with Crippen molar-refractivity contribution < 1.29 is 19.0 Å². The molecule has 0 aliphatic rings. The van der Waals surface area contributed by atoms with Crippen molar-refractivity contribution in [3.8, 4) is 5.75 Å². The van der Waals surface area contributed by atoms with Gasteiger partial charge in [-0.15, -0.1) is 0 Å². The number of aromatic hydroxyl groups is 1. The van der Waals surface area contributed by atoms with E-state index in [1.54, 1.807) is 0 Å². The van der Waals surface area contributed by atoms with Crippen LogP contribution in [0, 0.1) is 11.6 Å². The van der Waals surface area contributed by atoms with Crippen LogP contribution < -0.4 is 0 Å². The van der Waals surface area contributed by atoms with E-state index in [0.29, 0.717) is 0 Å². The standard InChI is InChI=1S/C9H10F2O2/c1-9(2,13)5-3-4-6(10)7(11)8(5)12/h3-4,12-13H,1-2H3. The fourth-order valence-electron chi connectivity index (χ4n) is 1.03. The van der Waals surface area contributed by atoms with Gasteiger partial charge in [0.05, 0.1) is 5.60 Å². The second-order valence-electron chi connectivity index (χ2n) is 3.32.